The normalized spacial score (nSPS) is 20.7. The Morgan fingerprint density at radius 2 is 2.07 bits per heavy atom. The van der Waals surface area contributed by atoms with Crippen molar-refractivity contribution in [2.45, 2.75) is 39.7 Å². The Labute approximate surface area is 162 Å². The van der Waals surface area contributed by atoms with E-state index in [-0.39, 0.29) is 11.5 Å². The standard InChI is InChI=1S/C20H26N4O2S/c1-13-14(2)27-20-18(13)19(26)21-16(22-20)12-23-7-9-24(10-8-23)17(25)11-15-5-3-4-6-15/h3,5,15H,4,6-12H2,1-2H3,(H,21,22,26)/t15-/m1/s1. The van der Waals surface area contributed by atoms with Crippen LogP contribution in [0.15, 0.2) is 16.9 Å². The van der Waals surface area contributed by atoms with Gasteiger partial charge in [-0.3, -0.25) is 14.5 Å². The molecule has 0 saturated carbocycles. The molecule has 0 bridgehead atoms. The van der Waals surface area contributed by atoms with E-state index in [1.807, 2.05) is 18.7 Å². The number of allylic oxidation sites excluding steroid dienone is 2. The average molecular weight is 387 g/mol. The molecule has 1 amide bonds. The van der Waals surface area contributed by atoms with E-state index in [1.54, 1.807) is 11.3 Å². The molecule has 1 fully saturated rings. The molecular weight excluding hydrogens is 360 g/mol. The third kappa shape index (κ3) is 3.84. The molecule has 0 radical (unpaired) electrons. The van der Waals surface area contributed by atoms with Gasteiger partial charge in [0.2, 0.25) is 5.91 Å². The Morgan fingerprint density at radius 3 is 2.78 bits per heavy atom. The summed E-state index contributed by atoms with van der Waals surface area (Å²) in [4.78, 5) is 38.7. The molecule has 1 aliphatic heterocycles. The van der Waals surface area contributed by atoms with Crippen molar-refractivity contribution in [1.29, 1.82) is 0 Å². The first-order valence-electron chi connectivity index (χ1n) is 9.67. The van der Waals surface area contributed by atoms with E-state index in [0.29, 0.717) is 24.7 Å². The van der Waals surface area contributed by atoms with Crippen LogP contribution in [0.1, 0.15) is 35.5 Å². The fourth-order valence-electron chi connectivity index (χ4n) is 3.96. The number of hydrogen-bond acceptors (Lipinski definition) is 5. The van der Waals surface area contributed by atoms with Crippen molar-refractivity contribution < 1.29 is 4.79 Å². The van der Waals surface area contributed by atoms with Crippen molar-refractivity contribution in [2.75, 3.05) is 26.2 Å². The molecule has 6 nitrogen and oxygen atoms in total. The summed E-state index contributed by atoms with van der Waals surface area (Å²) in [6, 6.07) is 0. The predicted octanol–water partition coefficient (Wildman–Crippen LogP) is 2.60. The quantitative estimate of drug-likeness (QED) is 0.820. The summed E-state index contributed by atoms with van der Waals surface area (Å²) in [5, 5.41) is 0.720. The number of fused-ring (bicyclic) bond motifs is 1. The number of aromatic nitrogens is 2. The van der Waals surface area contributed by atoms with E-state index >= 15 is 0 Å². The first-order valence-corrected chi connectivity index (χ1v) is 10.5. The summed E-state index contributed by atoms with van der Waals surface area (Å²) in [5.74, 6) is 1.41. The molecule has 1 aliphatic carbocycles. The number of nitrogens with one attached hydrogen (secondary N) is 1. The van der Waals surface area contributed by atoms with Gasteiger partial charge in [-0.15, -0.1) is 11.3 Å². The Kier molecular flexibility index (Phi) is 5.14. The lowest BCUT2D eigenvalue weighted by molar-refractivity contribution is -0.133. The predicted molar refractivity (Wildman–Crippen MR) is 108 cm³/mol. The zero-order valence-corrected chi connectivity index (χ0v) is 16.8. The first-order chi connectivity index (χ1) is 13.0. The minimum Gasteiger partial charge on any atom is -0.340 e. The molecule has 1 N–H and O–H groups in total. The summed E-state index contributed by atoms with van der Waals surface area (Å²) in [6.45, 7) is 7.75. The molecule has 4 rings (SSSR count). The number of thiophene rings is 1. The number of rotatable bonds is 4. The van der Waals surface area contributed by atoms with Gasteiger partial charge >= 0.3 is 0 Å². The maximum Gasteiger partial charge on any atom is 0.259 e. The van der Waals surface area contributed by atoms with E-state index in [0.717, 1.165) is 59.7 Å². The number of aromatic amines is 1. The molecule has 27 heavy (non-hydrogen) atoms. The number of nitrogens with zero attached hydrogens (tertiary/aromatic N) is 3. The molecule has 144 valence electrons. The van der Waals surface area contributed by atoms with Crippen molar-refractivity contribution >= 4 is 27.5 Å². The summed E-state index contributed by atoms with van der Waals surface area (Å²) < 4.78 is 0. The highest BCUT2D eigenvalue weighted by Crippen LogP contribution is 2.26. The van der Waals surface area contributed by atoms with E-state index < -0.39 is 0 Å². The van der Waals surface area contributed by atoms with Crippen molar-refractivity contribution in [1.82, 2.24) is 19.8 Å². The molecular formula is C20H26N4O2S. The van der Waals surface area contributed by atoms with Crippen LogP contribution < -0.4 is 5.56 Å². The average Bonchev–Trinajstić information content (AvgIpc) is 3.24. The molecule has 2 aromatic rings. The molecule has 7 heteroatoms. The molecule has 2 aliphatic rings. The Morgan fingerprint density at radius 1 is 1.30 bits per heavy atom. The van der Waals surface area contributed by atoms with Gasteiger partial charge in [0.25, 0.3) is 5.56 Å². The number of carbonyl (C=O) groups is 1. The number of carbonyl (C=O) groups excluding carboxylic acids is 1. The molecule has 0 aromatic carbocycles. The Hall–Kier alpha value is -1.99. The van der Waals surface area contributed by atoms with Crippen molar-refractivity contribution in [3.8, 4) is 0 Å². The second-order valence-corrected chi connectivity index (χ2v) is 8.81. The van der Waals surface area contributed by atoms with Crippen LogP contribution in [-0.2, 0) is 11.3 Å². The highest BCUT2D eigenvalue weighted by Gasteiger charge is 2.24. The highest BCUT2D eigenvalue weighted by atomic mass is 32.1. The number of amides is 1. The van der Waals surface area contributed by atoms with Crippen LogP contribution in [-0.4, -0.2) is 51.9 Å². The lowest BCUT2D eigenvalue weighted by Gasteiger charge is -2.34. The summed E-state index contributed by atoms with van der Waals surface area (Å²) in [7, 11) is 0. The third-order valence-electron chi connectivity index (χ3n) is 5.74. The summed E-state index contributed by atoms with van der Waals surface area (Å²) in [5.41, 5.74) is 0.981. The van der Waals surface area contributed by atoms with Gasteiger partial charge in [0, 0.05) is 37.5 Å². The van der Waals surface area contributed by atoms with Crippen LogP contribution in [0.25, 0.3) is 10.2 Å². The van der Waals surface area contributed by atoms with Gasteiger partial charge in [-0.1, -0.05) is 12.2 Å². The topological polar surface area (TPSA) is 69.3 Å². The van der Waals surface area contributed by atoms with Gasteiger partial charge in [0.15, 0.2) is 0 Å². The fraction of sp³-hybridized carbons (Fsp3) is 0.550. The Bertz CT molecular complexity index is 937. The van der Waals surface area contributed by atoms with Crippen LogP contribution in [0.2, 0.25) is 0 Å². The second kappa shape index (κ2) is 7.56. The lowest BCUT2D eigenvalue weighted by Crippen LogP contribution is -2.48. The molecule has 1 saturated heterocycles. The van der Waals surface area contributed by atoms with Gasteiger partial charge in [-0.05, 0) is 38.2 Å². The van der Waals surface area contributed by atoms with Gasteiger partial charge in [-0.2, -0.15) is 0 Å². The van der Waals surface area contributed by atoms with Crippen molar-refractivity contribution in [2.24, 2.45) is 5.92 Å². The maximum atomic E-state index is 12.5. The first kappa shape index (κ1) is 18.4. The number of piperazine rings is 1. The van der Waals surface area contributed by atoms with Crippen LogP contribution in [0.5, 0.6) is 0 Å². The largest absolute Gasteiger partial charge is 0.340 e. The second-order valence-electron chi connectivity index (χ2n) is 7.60. The molecule has 0 spiro atoms. The molecule has 0 unspecified atom stereocenters. The maximum absolute atomic E-state index is 12.5. The van der Waals surface area contributed by atoms with Crippen LogP contribution >= 0.6 is 11.3 Å². The fourth-order valence-corrected chi connectivity index (χ4v) is 5.01. The van der Waals surface area contributed by atoms with E-state index in [2.05, 4.69) is 27.0 Å². The van der Waals surface area contributed by atoms with Gasteiger partial charge in [0.1, 0.15) is 10.7 Å². The minimum absolute atomic E-state index is 0.0460. The number of hydrogen-bond donors (Lipinski definition) is 1. The summed E-state index contributed by atoms with van der Waals surface area (Å²) in [6.07, 6.45) is 7.20. The van der Waals surface area contributed by atoms with E-state index in [9.17, 15) is 9.59 Å². The van der Waals surface area contributed by atoms with Gasteiger partial charge in [0.05, 0.1) is 11.9 Å². The SMILES string of the molecule is Cc1sc2nc(CN3CCN(C(=O)C[C@@H]4C=CCC4)CC3)[nH]c(=O)c2c1C. The van der Waals surface area contributed by atoms with Crippen LogP contribution in [0.3, 0.4) is 0 Å². The van der Waals surface area contributed by atoms with Crippen LogP contribution in [0.4, 0.5) is 0 Å². The molecule has 1 atom stereocenters. The van der Waals surface area contributed by atoms with E-state index in [1.165, 1.54) is 0 Å². The third-order valence-corrected chi connectivity index (χ3v) is 6.84. The smallest absolute Gasteiger partial charge is 0.259 e. The van der Waals surface area contributed by atoms with Gasteiger partial charge < -0.3 is 9.88 Å². The minimum atomic E-state index is -0.0460. The van der Waals surface area contributed by atoms with Crippen LogP contribution in [0, 0.1) is 19.8 Å². The van der Waals surface area contributed by atoms with Crippen molar-refractivity contribution in [3.63, 3.8) is 0 Å². The Balaban J connectivity index is 1.36. The zero-order valence-electron chi connectivity index (χ0n) is 16.0. The monoisotopic (exact) mass is 386 g/mol. The molecule has 3 heterocycles. The van der Waals surface area contributed by atoms with Gasteiger partial charge in [-0.25, -0.2) is 4.98 Å². The highest BCUT2D eigenvalue weighted by molar-refractivity contribution is 7.18. The molecule has 2 aromatic heterocycles. The van der Waals surface area contributed by atoms with Crippen molar-refractivity contribution in [3.05, 3.63) is 38.8 Å². The lowest BCUT2D eigenvalue weighted by atomic mass is 10.0. The number of aryl methyl sites for hydroxylation is 2. The summed E-state index contributed by atoms with van der Waals surface area (Å²) >= 11 is 1.58. The van der Waals surface area contributed by atoms with E-state index in [4.69, 9.17) is 0 Å². The number of H-pyrrole nitrogens is 1. The zero-order chi connectivity index (χ0) is 19.0.